The van der Waals surface area contributed by atoms with Crippen molar-refractivity contribution < 1.29 is 9.59 Å². The zero-order valence-electron chi connectivity index (χ0n) is 19.1. The normalized spacial score (nSPS) is 11.7. The molecule has 2 aromatic heterocycles. The fraction of sp³-hybridized carbons (Fsp3) is 0.192. The van der Waals surface area contributed by atoms with Gasteiger partial charge in [-0.2, -0.15) is 0 Å². The van der Waals surface area contributed by atoms with Gasteiger partial charge in [-0.1, -0.05) is 48.9 Å². The maximum Gasteiger partial charge on any atom is 0.265 e. The van der Waals surface area contributed by atoms with Crippen LogP contribution in [0.5, 0.6) is 0 Å². The Morgan fingerprint density at radius 1 is 1.03 bits per heavy atom. The number of aryl methyl sites for hydroxylation is 2. The van der Waals surface area contributed by atoms with Crippen LogP contribution in [0.1, 0.15) is 33.5 Å². The third-order valence-corrected chi connectivity index (χ3v) is 8.24. The molecule has 4 aromatic rings. The lowest BCUT2D eigenvalue weighted by Gasteiger charge is -2.14. The molecule has 0 saturated carbocycles. The van der Waals surface area contributed by atoms with Crippen molar-refractivity contribution in [3.63, 3.8) is 0 Å². The van der Waals surface area contributed by atoms with Crippen molar-refractivity contribution >= 4 is 57.1 Å². The quantitative estimate of drug-likeness (QED) is 0.246. The number of nitrogens with one attached hydrogen (secondary N) is 2. The largest absolute Gasteiger partial charge is 0.321 e. The van der Waals surface area contributed by atoms with Crippen molar-refractivity contribution in [3.05, 3.63) is 81.4 Å². The van der Waals surface area contributed by atoms with Crippen molar-refractivity contribution in [2.75, 3.05) is 10.6 Å². The molecule has 0 saturated heterocycles. The number of rotatable bonds is 8. The average Bonchev–Trinajstić information content (AvgIpc) is 3.48. The lowest BCUT2D eigenvalue weighted by Crippen LogP contribution is -2.24. The second-order valence-electron chi connectivity index (χ2n) is 7.75. The summed E-state index contributed by atoms with van der Waals surface area (Å²) in [5.74, 6) is -0.213. The summed E-state index contributed by atoms with van der Waals surface area (Å²) in [7, 11) is 0. The van der Waals surface area contributed by atoms with Crippen LogP contribution in [-0.2, 0) is 4.79 Å². The number of amides is 2. The maximum atomic E-state index is 13.0. The minimum atomic E-state index is -0.282. The summed E-state index contributed by atoms with van der Waals surface area (Å²) in [6.45, 7) is 6.06. The van der Waals surface area contributed by atoms with E-state index in [1.807, 2.05) is 49.6 Å². The van der Waals surface area contributed by atoms with Crippen LogP contribution in [0.15, 0.2) is 70.9 Å². The third-order valence-electron chi connectivity index (χ3n) is 5.13. The molecule has 0 aliphatic carbocycles. The fourth-order valence-electron chi connectivity index (χ4n) is 3.35. The van der Waals surface area contributed by atoms with Gasteiger partial charge in [-0.3, -0.25) is 9.59 Å². The highest BCUT2D eigenvalue weighted by molar-refractivity contribution is 8.00. The Morgan fingerprint density at radius 2 is 1.82 bits per heavy atom. The molecule has 0 aliphatic rings. The van der Waals surface area contributed by atoms with Crippen LogP contribution in [-0.4, -0.2) is 22.0 Å². The highest BCUT2D eigenvalue weighted by Gasteiger charge is 2.21. The molecule has 5 nitrogen and oxygen atoms in total. The van der Waals surface area contributed by atoms with Crippen LogP contribution in [0.2, 0.25) is 0 Å². The summed E-state index contributed by atoms with van der Waals surface area (Å²) in [5, 5.41) is 8.12. The van der Waals surface area contributed by atoms with Crippen molar-refractivity contribution in [2.45, 2.75) is 37.3 Å². The zero-order valence-corrected chi connectivity index (χ0v) is 21.6. The van der Waals surface area contributed by atoms with E-state index in [0.29, 0.717) is 22.1 Å². The van der Waals surface area contributed by atoms with Gasteiger partial charge in [0.05, 0.1) is 15.8 Å². The molecular weight excluding hydrogens is 483 g/mol. The first kappa shape index (κ1) is 24.2. The van der Waals surface area contributed by atoms with Crippen LogP contribution in [0.3, 0.4) is 0 Å². The highest BCUT2D eigenvalue weighted by atomic mass is 32.2. The molecule has 34 heavy (non-hydrogen) atoms. The van der Waals surface area contributed by atoms with Crippen LogP contribution in [0.4, 0.5) is 10.8 Å². The summed E-state index contributed by atoms with van der Waals surface area (Å²) >= 11 is 4.37. The minimum Gasteiger partial charge on any atom is -0.321 e. The molecule has 8 heteroatoms. The predicted molar refractivity (Wildman–Crippen MR) is 144 cm³/mol. The summed E-state index contributed by atoms with van der Waals surface area (Å²) in [4.78, 5) is 32.7. The number of aromatic nitrogens is 1. The first-order chi connectivity index (χ1) is 16.4. The smallest absolute Gasteiger partial charge is 0.265 e. The fourth-order valence-corrected chi connectivity index (χ4v) is 5.82. The number of benzene rings is 2. The second kappa shape index (κ2) is 11.0. The SMILES string of the molecule is CCC(Sc1cccc(NC(=O)c2cccs2)c1)C(=O)Nc1nc(-c2ccc(C)cc2)c(C)s1. The lowest BCUT2D eigenvalue weighted by molar-refractivity contribution is -0.115. The molecule has 2 aromatic carbocycles. The number of thiophene rings is 1. The summed E-state index contributed by atoms with van der Waals surface area (Å²) < 4.78 is 0. The molecule has 0 spiro atoms. The van der Waals surface area contributed by atoms with E-state index in [1.54, 1.807) is 6.07 Å². The molecule has 1 atom stereocenters. The van der Waals surface area contributed by atoms with Gasteiger partial charge in [0.1, 0.15) is 0 Å². The monoisotopic (exact) mass is 507 g/mol. The van der Waals surface area contributed by atoms with E-state index in [-0.39, 0.29) is 17.1 Å². The number of carbonyl (C=O) groups is 2. The molecule has 0 fully saturated rings. The van der Waals surface area contributed by atoms with Crippen LogP contribution in [0.25, 0.3) is 11.3 Å². The molecular formula is C26H25N3O2S3. The Labute approximate surface area is 211 Å². The minimum absolute atomic E-state index is 0.0790. The number of carbonyl (C=O) groups excluding carboxylic acids is 2. The van der Waals surface area contributed by atoms with Crippen LogP contribution < -0.4 is 10.6 Å². The van der Waals surface area contributed by atoms with E-state index in [0.717, 1.165) is 21.0 Å². The van der Waals surface area contributed by atoms with Gasteiger partial charge in [-0.25, -0.2) is 4.98 Å². The predicted octanol–water partition coefficient (Wildman–Crippen LogP) is 7.25. The first-order valence-electron chi connectivity index (χ1n) is 10.9. The van der Waals surface area contributed by atoms with E-state index in [9.17, 15) is 9.59 Å². The van der Waals surface area contributed by atoms with E-state index in [2.05, 4.69) is 46.8 Å². The lowest BCUT2D eigenvalue weighted by atomic mass is 10.1. The summed E-state index contributed by atoms with van der Waals surface area (Å²) in [5.41, 5.74) is 3.85. The molecule has 2 heterocycles. The van der Waals surface area contributed by atoms with Crippen molar-refractivity contribution in [2.24, 2.45) is 0 Å². The Morgan fingerprint density at radius 3 is 2.53 bits per heavy atom. The van der Waals surface area contributed by atoms with Crippen LogP contribution >= 0.6 is 34.4 Å². The number of hydrogen-bond donors (Lipinski definition) is 2. The van der Waals surface area contributed by atoms with Gasteiger partial charge in [0.25, 0.3) is 5.91 Å². The summed E-state index contributed by atoms with van der Waals surface area (Å²) in [6, 6.07) is 19.5. The van der Waals surface area contributed by atoms with E-state index < -0.39 is 0 Å². The third kappa shape index (κ3) is 5.94. The van der Waals surface area contributed by atoms with E-state index in [4.69, 9.17) is 0 Å². The maximum absolute atomic E-state index is 13.0. The molecule has 0 aliphatic heterocycles. The van der Waals surface area contributed by atoms with Gasteiger partial charge >= 0.3 is 0 Å². The average molecular weight is 508 g/mol. The molecule has 4 rings (SSSR count). The Hall–Kier alpha value is -2.94. The van der Waals surface area contributed by atoms with Gasteiger partial charge in [0, 0.05) is 21.0 Å². The van der Waals surface area contributed by atoms with Gasteiger partial charge in [0.15, 0.2) is 5.13 Å². The summed E-state index contributed by atoms with van der Waals surface area (Å²) in [6.07, 6.45) is 0.664. The Bertz CT molecular complexity index is 1280. The van der Waals surface area contributed by atoms with Gasteiger partial charge in [-0.15, -0.1) is 34.4 Å². The molecule has 2 amide bonds. The van der Waals surface area contributed by atoms with Gasteiger partial charge in [-0.05, 0) is 49.9 Å². The Kier molecular flexibility index (Phi) is 7.82. The zero-order chi connectivity index (χ0) is 24.1. The standard InChI is InChI=1S/C26H25N3O2S3/c1-4-21(34-20-8-5-7-19(15-20)27-25(31)22-9-6-14-32-22)24(30)29-26-28-23(17(3)33-26)18-12-10-16(2)11-13-18/h5-15,21H,4H2,1-3H3,(H,27,31)(H,28,29,30). The number of nitrogens with zero attached hydrogens (tertiary/aromatic N) is 1. The Balaban J connectivity index is 1.42. The van der Waals surface area contributed by atoms with Gasteiger partial charge < -0.3 is 10.6 Å². The topological polar surface area (TPSA) is 71.1 Å². The molecule has 1 unspecified atom stereocenters. The first-order valence-corrected chi connectivity index (χ1v) is 13.5. The van der Waals surface area contributed by atoms with Gasteiger partial charge in [0.2, 0.25) is 5.91 Å². The van der Waals surface area contributed by atoms with E-state index >= 15 is 0 Å². The number of hydrogen-bond acceptors (Lipinski definition) is 6. The van der Waals surface area contributed by atoms with E-state index in [1.165, 1.54) is 40.0 Å². The molecule has 174 valence electrons. The van der Waals surface area contributed by atoms with Crippen LogP contribution in [0, 0.1) is 13.8 Å². The highest BCUT2D eigenvalue weighted by Crippen LogP contribution is 2.32. The number of anilines is 2. The second-order valence-corrected chi connectivity index (χ2v) is 11.2. The van der Waals surface area contributed by atoms with Crippen molar-refractivity contribution in [1.82, 2.24) is 4.98 Å². The molecule has 2 N–H and O–H groups in total. The van der Waals surface area contributed by atoms with Crippen molar-refractivity contribution in [1.29, 1.82) is 0 Å². The molecule has 0 radical (unpaired) electrons. The van der Waals surface area contributed by atoms with Crippen molar-refractivity contribution in [3.8, 4) is 11.3 Å². The number of thiazole rings is 1. The number of thioether (sulfide) groups is 1. The molecule has 0 bridgehead atoms.